The quantitative estimate of drug-likeness (QED) is 0.758. The average Bonchev–Trinajstić information content (AvgIpc) is 3.08. The van der Waals surface area contributed by atoms with E-state index in [1.165, 1.54) is 5.56 Å². The van der Waals surface area contributed by atoms with Crippen molar-refractivity contribution in [2.24, 2.45) is 0 Å². The van der Waals surface area contributed by atoms with Gasteiger partial charge in [-0.2, -0.15) is 10.2 Å². The first-order chi connectivity index (χ1) is 9.26. The predicted molar refractivity (Wildman–Crippen MR) is 69.0 cm³/mol. The molecule has 0 bridgehead atoms. The lowest BCUT2D eigenvalue weighted by molar-refractivity contribution is 0.431. The fourth-order valence-electron chi connectivity index (χ4n) is 1.74. The summed E-state index contributed by atoms with van der Waals surface area (Å²) < 4.78 is 5.19. The van der Waals surface area contributed by atoms with Gasteiger partial charge >= 0.3 is 0 Å². The molecular formula is C14H10N4O. The van der Waals surface area contributed by atoms with Crippen LogP contribution in [0.1, 0.15) is 11.3 Å². The Morgan fingerprint density at radius 3 is 2.63 bits per heavy atom. The normalized spacial score (nSPS) is 10.3. The molecule has 3 rings (SSSR count). The van der Waals surface area contributed by atoms with Crippen molar-refractivity contribution in [3.8, 4) is 29.0 Å². The fourth-order valence-corrected chi connectivity index (χ4v) is 1.74. The number of aromatic nitrogens is 3. The minimum atomic E-state index is 0.372. The van der Waals surface area contributed by atoms with Crippen molar-refractivity contribution in [2.75, 3.05) is 0 Å². The van der Waals surface area contributed by atoms with Gasteiger partial charge in [0, 0.05) is 5.56 Å². The highest BCUT2D eigenvalue weighted by Gasteiger charge is 2.11. The van der Waals surface area contributed by atoms with Crippen LogP contribution in [0, 0.1) is 18.3 Å². The molecule has 5 heteroatoms. The van der Waals surface area contributed by atoms with Crippen LogP contribution in [0.4, 0.5) is 0 Å². The summed E-state index contributed by atoms with van der Waals surface area (Å²) in [7, 11) is 0. The van der Waals surface area contributed by atoms with Gasteiger partial charge in [-0.05, 0) is 19.1 Å². The van der Waals surface area contributed by atoms with Gasteiger partial charge in [0.2, 0.25) is 5.82 Å². The Morgan fingerprint density at radius 1 is 1.16 bits per heavy atom. The molecule has 0 spiro atoms. The average molecular weight is 250 g/mol. The minimum absolute atomic E-state index is 0.372. The summed E-state index contributed by atoms with van der Waals surface area (Å²) in [6.45, 7) is 2.02. The smallest absolute Gasteiger partial charge is 0.274 e. The third kappa shape index (κ3) is 2.11. The molecule has 0 saturated carbocycles. The molecule has 0 atom stereocenters. The molecule has 0 fully saturated rings. The van der Waals surface area contributed by atoms with Gasteiger partial charge in [-0.1, -0.05) is 35.0 Å². The van der Waals surface area contributed by atoms with Crippen molar-refractivity contribution in [1.29, 1.82) is 5.26 Å². The van der Waals surface area contributed by atoms with Crippen LogP contribution in [0.2, 0.25) is 0 Å². The van der Waals surface area contributed by atoms with E-state index in [4.69, 9.17) is 9.78 Å². The number of rotatable bonds is 2. The Hall–Kier alpha value is -2.87. The van der Waals surface area contributed by atoms with Crippen LogP contribution in [0.25, 0.3) is 23.0 Å². The molecule has 1 aromatic carbocycles. The Bertz CT molecular complexity index is 746. The minimum Gasteiger partial charge on any atom is -0.342 e. The van der Waals surface area contributed by atoms with Gasteiger partial charge in [0.05, 0.1) is 0 Å². The summed E-state index contributed by atoms with van der Waals surface area (Å²) in [6.07, 6.45) is 0. The molecule has 0 amide bonds. The summed E-state index contributed by atoms with van der Waals surface area (Å²) in [6, 6.07) is 13.3. The second-order valence-electron chi connectivity index (χ2n) is 4.19. The van der Waals surface area contributed by atoms with Gasteiger partial charge < -0.3 is 9.51 Å². The molecule has 0 aliphatic heterocycles. The van der Waals surface area contributed by atoms with E-state index in [0.29, 0.717) is 23.1 Å². The lowest BCUT2D eigenvalue weighted by Crippen LogP contribution is -1.82. The lowest BCUT2D eigenvalue weighted by atomic mass is 10.1. The third-order valence-corrected chi connectivity index (χ3v) is 2.77. The van der Waals surface area contributed by atoms with Gasteiger partial charge in [0.25, 0.3) is 5.89 Å². The molecule has 92 valence electrons. The fraction of sp³-hybridized carbons (Fsp3) is 0.0714. The maximum atomic E-state index is 8.76. The van der Waals surface area contributed by atoms with E-state index in [0.717, 1.165) is 5.56 Å². The van der Waals surface area contributed by atoms with Crippen LogP contribution in [-0.4, -0.2) is 15.1 Å². The van der Waals surface area contributed by atoms with Gasteiger partial charge in [-0.3, -0.25) is 0 Å². The summed E-state index contributed by atoms with van der Waals surface area (Å²) >= 11 is 0. The SMILES string of the molecule is Cc1ccc(-c2noc(-c3ccc(C#N)[nH]3)n2)cc1. The van der Waals surface area contributed by atoms with E-state index >= 15 is 0 Å². The number of H-pyrrole nitrogens is 1. The van der Waals surface area contributed by atoms with Gasteiger partial charge in [0.15, 0.2) is 0 Å². The molecule has 0 aliphatic rings. The molecule has 0 unspecified atom stereocenters. The van der Waals surface area contributed by atoms with Crippen molar-refractivity contribution >= 4 is 0 Å². The number of benzene rings is 1. The third-order valence-electron chi connectivity index (χ3n) is 2.77. The molecule has 5 nitrogen and oxygen atoms in total. The molecular weight excluding hydrogens is 240 g/mol. The summed E-state index contributed by atoms with van der Waals surface area (Å²) in [4.78, 5) is 7.21. The first-order valence-electron chi connectivity index (χ1n) is 5.76. The molecule has 3 aromatic rings. The molecule has 0 aliphatic carbocycles. The Balaban J connectivity index is 1.95. The maximum Gasteiger partial charge on any atom is 0.274 e. The van der Waals surface area contributed by atoms with Gasteiger partial charge in [-0.25, -0.2) is 0 Å². The summed E-state index contributed by atoms with van der Waals surface area (Å²) in [5.74, 6) is 0.903. The number of nitrogens with one attached hydrogen (secondary N) is 1. The number of aryl methyl sites for hydroxylation is 1. The van der Waals surface area contributed by atoms with E-state index in [9.17, 15) is 0 Å². The number of nitriles is 1. The van der Waals surface area contributed by atoms with E-state index < -0.39 is 0 Å². The second kappa shape index (κ2) is 4.42. The zero-order valence-corrected chi connectivity index (χ0v) is 10.2. The van der Waals surface area contributed by atoms with E-state index in [1.54, 1.807) is 12.1 Å². The number of hydrogen-bond donors (Lipinski definition) is 1. The summed E-state index contributed by atoms with van der Waals surface area (Å²) in [5.41, 5.74) is 3.18. The van der Waals surface area contributed by atoms with Crippen LogP contribution in [0.3, 0.4) is 0 Å². The topological polar surface area (TPSA) is 78.5 Å². The van der Waals surface area contributed by atoms with Gasteiger partial charge in [0.1, 0.15) is 17.5 Å². The second-order valence-corrected chi connectivity index (χ2v) is 4.19. The first-order valence-corrected chi connectivity index (χ1v) is 5.76. The van der Waals surface area contributed by atoms with Crippen molar-refractivity contribution in [3.05, 3.63) is 47.7 Å². The van der Waals surface area contributed by atoms with Crippen LogP contribution in [0.15, 0.2) is 40.9 Å². The predicted octanol–water partition coefficient (Wildman–Crippen LogP) is 2.91. The zero-order valence-electron chi connectivity index (χ0n) is 10.2. The molecule has 1 N–H and O–H groups in total. The Labute approximate surface area is 109 Å². The molecule has 2 aromatic heterocycles. The molecule has 0 saturated heterocycles. The van der Waals surface area contributed by atoms with Crippen molar-refractivity contribution in [2.45, 2.75) is 6.92 Å². The van der Waals surface area contributed by atoms with Crippen molar-refractivity contribution in [1.82, 2.24) is 15.1 Å². The largest absolute Gasteiger partial charge is 0.342 e. The lowest BCUT2D eigenvalue weighted by Gasteiger charge is -1.94. The van der Waals surface area contributed by atoms with Crippen LogP contribution >= 0.6 is 0 Å². The van der Waals surface area contributed by atoms with Crippen molar-refractivity contribution < 1.29 is 4.52 Å². The molecule has 19 heavy (non-hydrogen) atoms. The number of aromatic amines is 1. The van der Waals surface area contributed by atoms with Crippen LogP contribution < -0.4 is 0 Å². The van der Waals surface area contributed by atoms with E-state index in [2.05, 4.69) is 15.1 Å². The van der Waals surface area contributed by atoms with Crippen LogP contribution in [-0.2, 0) is 0 Å². The van der Waals surface area contributed by atoms with Gasteiger partial charge in [-0.15, -0.1) is 0 Å². The highest BCUT2D eigenvalue weighted by molar-refractivity contribution is 5.58. The number of hydrogen-bond acceptors (Lipinski definition) is 4. The number of nitrogens with zero attached hydrogens (tertiary/aromatic N) is 3. The summed E-state index contributed by atoms with van der Waals surface area (Å²) in [5, 5.41) is 12.7. The van der Waals surface area contributed by atoms with E-state index in [-0.39, 0.29) is 0 Å². The van der Waals surface area contributed by atoms with Crippen molar-refractivity contribution in [3.63, 3.8) is 0 Å². The monoisotopic (exact) mass is 250 g/mol. The van der Waals surface area contributed by atoms with Crippen LogP contribution in [0.5, 0.6) is 0 Å². The Kier molecular flexibility index (Phi) is 2.62. The maximum absolute atomic E-state index is 8.76. The molecule has 2 heterocycles. The van der Waals surface area contributed by atoms with E-state index in [1.807, 2.05) is 37.3 Å². The first kappa shape index (κ1) is 11.2. The Morgan fingerprint density at radius 2 is 1.95 bits per heavy atom. The standard InChI is InChI=1S/C14H10N4O/c1-9-2-4-10(5-3-9)13-17-14(19-18-13)12-7-6-11(8-15)16-12/h2-7,16H,1H3. The molecule has 0 radical (unpaired) electrons. The zero-order chi connectivity index (χ0) is 13.2. The highest BCUT2D eigenvalue weighted by Crippen LogP contribution is 2.21. The highest BCUT2D eigenvalue weighted by atomic mass is 16.5.